The number of aryl methyl sites for hydroxylation is 1. The highest BCUT2D eigenvalue weighted by molar-refractivity contribution is 5.96. The quantitative estimate of drug-likeness (QED) is 0.441. The molecule has 1 amide bonds. The lowest BCUT2D eigenvalue weighted by molar-refractivity contribution is -0.117. The molecule has 0 saturated heterocycles. The predicted octanol–water partition coefficient (Wildman–Crippen LogP) is 5.29. The number of carbonyl (C=O) groups excluding carboxylic acids is 1. The highest BCUT2D eigenvalue weighted by Gasteiger charge is 2.28. The number of anilines is 1. The van der Waals surface area contributed by atoms with Gasteiger partial charge in [0.15, 0.2) is 0 Å². The summed E-state index contributed by atoms with van der Waals surface area (Å²) < 4.78 is 14.9. The van der Waals surface area contributed by atoms with Gasteiger partial charge < -0.3 is 11.1 Å². The minimum atomic E-state index is -0.857. The van der Waals surface area contributed by atoms with E-state index >= 15 is 0 Å². The van der Waals surface area contributed by atoms with Crippen LogP contribution in [0, 0.1) is 12.7 Å². The summed E-state index contributed by atoms with van der Waals surface area (Å²) in [6, 6.07) is 24.9. The zero-order valence-electron chi connectivity index (χ0n) is 17.7. The number of aromatic nitrogens is 1. The highest BCUT2D eigenvalue weighted by Crippen LogP contribution is 2.30. The van der Waals surface area contributed by atoms with Gasteiger partial charge in [-0.1, -0.05) is 60.7 Å². The van der Waals surface area contributed by atoms with Crippen LogP contribution in [0.4, 0.5) is 10.1 Å². The maximum Gasteiger partial charge on any atom is 0.242 e. The molecule has 1 atom stereocenters. The fraction of sp³-hybridized carbons (Fsp3) is 0.111. The summed E-state index contributed by atoms with van der Waals surface area (Å²) in [5.41, 5.74) is 10.8. The molecule has 3 N–H and O–H groups in total. The Hall–Kier alpha value is -3.83. The van der Waals surface area contributed by atoms with E-state index in [0.717, 1.165) is 22.3 Å². The molecule has 3 aromatic carbocycles. The average Bonchev–Trinajstić information content (AvgIpc) is 2.81. The van der Waals surface area contributed by atoms with Gasteiger partial charge in [0.2, 0.25) is 5.91 Å². The number of rotatable bonds is 6. The number of amides is 1. The number of halogens is 1. The number of nitrogens with zero attached hydrogens (tertiary/aromatic N) is 1. The number of hydrogen-bond donors (Lipinski definition) is 2. The first-order valence-electron chi connectivity index (χ1n) is 10.4. The average molecular weight is 426 g/mol. The topological polar surface area (TPSA) is 68.0 Å². The lowest BCUT2D eigenvalue weighted by Crippen LogP contribution is -2.41. The van der Waals surface area contributed by atoms with Crippen molar-refractivity contribution >= 4 is 11.6 Å². The van der Waals surface area contributed by atoms with Gasteiger partial charge in [-0.2, -0.15) is 0 Å². The van der Waals surface area contributed by atoms with E-state index in [1.807, 2.05) is 67.6 Å². The van der Waals surface area contributed by atoms with E-state index in [1.165, 1.54) is 6.07 Å². The van der Waals surface area contributed by atoms with Crippen molar-refractivity contribution in [2.75, 3.05) is 5.32 Å². The third kappa shape index (κ3) is 4.58. The third-order valence-electron chi connectivity index (χ3n) is 5.53. The summed E-state index contributed by atoms with van der Waals surface area (Å²) in [4.78, 5) is 17.1. The van der Waals surface area contributed by atoms with Crippen molar-refractivity contribution < 1.29 is 9.18 Å². The Kier molecular flexibility index (Phi) is 6.38. The van der Waals surface area contributed by atoms with Gasteiger partial charge in [0.1, 0.15) is 5.82 Å². The van der Waals surface area contributed by atoms with E-state index < -0.39 is 11.9 Å². The smallest absolute Gasteiger partial charge is 0.242 e. The molecule has 5 heteroatoms. The standard InChI is InChI=1S/C27H24FN3O/c1-18-17-30-15-14-22(18)23-13-12-21(16-24(23)28)31-27(32)26(29)25(19-8-4-2-5-9-19)20-10-6-3-7-11-20/h2-17,25-26H,29H2,1H3,(H,31,32)/t26-/m0/s1. The molecule has 32 heavy (non-hydrogen) atoms. The molecule has 0 aliphatic heterocycles. The van der Waals surface area contributed by atoms with E-state index in [-0.39, 0.29) is 11.8 Å². The fourth-order valence-electron chi connectivity index (χ4n) is 3.89. The van der Waals surface area contributed by atoms with E-state index in [4.69, 9.17) is 5.73 Å². The summed E-state index contributed by atoms with van der Waals surface area (Å²) in [6.07, 6.45) is 3.32. The highest BCUT2D eigenvalue weighted by atomic mass is 19.1. The molecule has 0 aliphatic carbocycles. The van der Waals surface area contributed by atoms with Crippen LogP contribution in [0.25, 0.3) is 11.1 Å². The molecule has 4 nitrogen and oxygen atoms in total. The van der Waals surface area contributed by atoms with Crippen LogP contribution in [0.1, 0.15) is 22.6 Å². The van der Waals surface area contributed by atoms with E-state index in [0.29, 0.717) is 11.3 Å². The van der Waals surface area contributed by atoms with Crippen molar-refractivity contribution in [3.05, 3.63) is 120 Å². The maximum absolute atomic E-state index is 14.9. The second-order valence-corrected chi connectivity index (χ2v) is 7.70. The Labute approximate surface area is 186 Å². The van der Waals surface area contributed by atoms with Crippen LogP contribution in [0.3, 0.4) is 0 Å². The Bertz CT molecular complexity index is 1170. The molecular weight excluding hydrogens is 401 g/mol. The first-order chi connectivity index (χ1) is 15.5. The summed E-state index contributed by atoms with van der Waals surface area (Å²) in [6.45, 7) is 1.88. The van der Waals surface area contributed by atoms with Crippen LogP contribution in [0.2, 0.25) is 0 Å². The minimum Gasteiger partial charge on any atom is -0.325 e. The molecule has 0 fully saturated rings. The molecule has 0 saturated carbocycles. The molecule has 160 valence electrons. The van der Waals surface area contributed by atoms with Gasteiger partial charge in [0.25, 0.3) is 0 Å². The van der Waals surface area contributed by atoms with Gasteiger partial charge in [-0.3, -0.25) is 9.78 Å². The van der Waals surface area contributed by atoms with Crippen LogP contribution in [0.15, 0.2) is 97.3 Å². The van der Waals surface area contributed by atoms with Gasteiger partial charge in [0, 0.05) is 29.6 Å². The molecule has 0 spiro atoms. The number of hydrogen-bond acceptors (Lipinski definition) is 3. The van der Waals surface area contributed by atoms with Crippen molar-refractivity contribution in [1.29, 1.82) is 0 Å². The van der Waals surface area contributed by atoms with Crippen molar-refractivity contribution in [3.8, 4) is 11.1 Å². The third-order valence-corrected chi connectivity index (χ3v) is 5.53. The van der Waals surface area contributed by atoms with E-state index in [9.17, 15) is 9.18 Å². The van der Waals surface area contributed by atoms with Gasteiger partial charge in [-0.15, -0.1) is 0 Å². The molecule has 0 bridgehead atoms. The van der Waals surface area contributed by atoms with Gasteiger partial charge >= 0.3 is 0 Å². The lowest BCUT2D eigenvalue weighted by atomic mass is 9.85. The van der Waals surface area contributed by atoms with Gasteiger partial charge in [0.05, 0.1) is 6.04 Å². The summed E-state index contributed by atoms with van der Waals surface area (Å²) in [5.74, 6) is -1.13. The number of pyridine rings is 1. The van der Waals surface area contributed by atoms with E-state index in [2.05, 4.69) is 10.3 Å². The molecular formula is C27H24FN3O. The maximum atomic E-state index is 14.9. The molecule has 1 heterocycles. The molecule has 0 aliphatic rings. The summed E-state index contributed by atoms with van der Waals surface area (Å²) in [7, 11) is 0. The van der Waals surface area contributed by atoms with E-state index in [1.54, 1.807) is 30.6 Å². The molecule has 1 aromatic heterocycles. The monoisotopic (exact) mass is 425 g/mol. The molecule has 4 aromatic rings. The molecule has 0 unspecified atom stereocenters. The van der Waals surface area contributed by atoms with Crippen LogP contribution < -0.4 is 11.1 Å². The first-order valence-corrected chi connectivity index (χ1v) is 10.4. The second kappa shape index (κ2) is 9.54. The zero-order valence-corrected chi connectivity index (χ0v) is 17.7. The Balaban J connectivity index is 1.58. The molecule has 0 radical (unpaired) electrons. The van der Waals surface area contributed by atoms with Crippen LogP contribution in [-0.4, -0.2) is 16.9 Å². The van der Waals surface area contributed by atoms with Gasteiger partial charge in [-0.25, -0.2) is 4.39 Å². The van der Waals surface area contributed by atoms with Crippen LogP contribution in [0.5, 0.6) is 0 Å². The first kappa shape index (κ1) is 21.4. The normalized spacial score (nSPS) is 11.9. The Morgan fingerprint density at radius 2 is 1.53 bits per heavy atom. The number of benzene rings is 3. The zero-order chi connectivity index (χ0) is 22.5. The SMILES string of the molecule is Cc1cnccc1-c1ccc(NC(=O)[C@@H](N)C(c2ccccc2)c2ccccc2)cc1F. The lowest BCUT2D eigenvalue weighted by Gasteiger charge is -2.24. The van der Waals surface area contributed by atoms with Gasteiger partial charge in [-0.05, 0) is 53.4 Å². The second-order valence-electron chi connectivity index (χ2n) is 7.70. The van der Waals surface area contributed by atoms with Crippen LogP contribution in [-0.2, 0) is 4.79 Å². The van der Waals surface area contributed by atoms with Crippen molar-refractivity contribution in [2.45, 2.75) is 18.9 Å². The Morgan fingerprint density at radius 1 is 0.906 bits per heavy atom. The number of nitrogens with two attached hydrogens (primary N) is 1. The fourth-order valence-corrected chi connectivity index (χ4v) is 3.89. The van der Waals surface area contributed by atoms with Crippen molar-refractivity contribution in [3.63, 3.8) is 0 Å². The minimum absolute atomic E-state index is 0.332. The van der Waals surface area contributed by atoms with Crippen LogP contribution >= 0.6 is 0 Å². The largest absolute Gasteiger partial charge is 0.325 e. The van der Waals surface area contributed by atoms with Crippen molar-refractivity contribution in [1.82, 2.24) is 4.98 Å². The molecule has 4 rings (SSSR count). The predicted molar refractivity (Wildman–Crippen MR) is 126 cm³/mol. The number of nitrogens with one attached hydrogen (secondary N) is 1. The summed E-state index contributed by atoms with van der Waals surface area (Å²) in [5, 5.41) is 2.78. The number of carbonyl (C=O) groups is 1. The summed E-state index contributed by atoms with van der Waals surface area (Å²) >= 11 is 0. The van der Waals surface area contributed by atoms with Crippen molar-refractivity contribution in [2.24, 2.45) is 5.73 Å². The Morgan fingerprint density at radius 3 is 2.09 bits per heavy atom.